The molecule has 0 saturated heterocycles. The van der Waals surface area contributed by atoms with E-state index in [1.54, 1.807) is 0 Å². The van der Waals surface area contributed by atoms with E-state index in [-0.39, 0.29) is 17.9 Å². The number of benzene rings is 1. The number of carbonyl (C=O) groups is 2. The van der Waals surface area contributed by atoms with Crippen molar-refractivity contribution in [2.75, 3.05) is 5.32 Å². The normalized spacial score (nSPS) is 11.8. The summed E-state index contributed by atoms with van der Waals surface area (Å²) in [7, 11) is 0. The van der Waals surface area contributed by atoms with Crippen LogP contribution in [0.15, 0.2) is 24.3 Å². The number of carbonyl (C=O) groups excluding carboxylic acids is 2. The molecular formula is C17H22N4O2S. The predicted molar refractivity (Wildman–Crippen MR) is 95.3 cm³/mol. The van der Waals surface area contributed by atoms with E-state index in [4.69, 9.17) is 0 Å². The van der Waals surface area contributed by atoms with Gasteiger partial charge in [-0.05, 0) is 32.4 Å². The summed E-state index contributed by atoms with van der Waals surface area (Å²) in [5.41, 5.74) is 1.84. The van der Waals surface area contributed by atoms with E-state index in [0.717, 1.165) is 17.7 Å². The highest BCUT2D eigenvalue weighted by molar-refractivity contribution is 7.13. The van der Waals surface area contributed by atoms with Gasteiger partial charge < -0.3 is 10.6 Å². The van der Waals surface area contributed by atoms with Crippen LogP contribution >= 0.6 is 11.3 Å². The van der Waals surface area contributed by atoms with E-state index in [1.165, 1.54) is 11.3 Å². The molecule has 0 unspecified atom stereocenters. The molecule has 0 aliphatic heterocycles. The second-order valence-corrected chi connectivity index (χ2v) is 6.76. The fourth-order valence-corrected chi connectivity index (χ4v) is 2.67. The fourth-order valence-electron chi connectivity index (χ4n) is 1.94. The van der Waals surface area contributed by atoms with Crippen molar-refractivity contribution in [3.05, 3.63) is 39.8 Å². The van der Waals surface area contributed by atoms with Crippen LogP contribution in [0.25, 0.3) is 0 Å². The topological polar surface area (TPSA) is 84.0 Å². The molecule has 0 bridgehead atoms. The van der Waals surface area contributed by atoms with Crippen LogP contribution in [0.5, 0.6) is 0 Å². The fraction of sp³-hybridized carbons (Fsp3) is 0.412. The molecule has 24 heavy (non-hydrogen) atoms. The first-order chi connectivity index (χ1) is 11.5. The largest absolute Gasteiger partial charge is 0.354 e. The molecule has 0 fully saturated rings. The lowest BCUT2D eigenvalue weighted by atomic mass is 10.2. The monoisotopic (exact) mass is 346 g/mol. The summed E-state index contributed by atoms with van der Waals surface area (Å²) < 4.78 is 0. The van der Waals surface area contributed by atoms with Crippen LogP contribution in [-0.4, -0.2) is 28.1 Å². The Morgan fingerprint density at radius 2 is 1.92 bits per heavy atom. The van der Waals surface area contributed by atoms with Gasteiger partial charge in [-0.15, -0.1) is 10.2 Å². The Morgan fingerprint density at radius 1 is 1.21 bits per heavy atom. The van der Waals surface area contributed by atoms with Gasteiger partial charge in [0.25, 0.3) is 5.91 Å². The smallest absolute Gasteiger partial charge is 0.286 e. The Morgan fingerprint density at radius 3 is 2.58 bits per heavy atom. The van der Waals surface area contributed by atoms with Crippen LogP contribution in [0, 0.1) is 6.92 Å². The number of nitrogens with zero attached hydrogens (tertiary/aromatic N) is 2. The van der Waals surface area contributed by atoms with Gasteiger partial charge in [0.15, 0.2) is 0 Å². The van der Waals surface area contributed by atoms with Crippen LogP contribution in [0.4, 0.5) is 5.69 Å². The Bertz CT molecular complexity index is 697. The molecule has 1 heterocycles. The average molecular weight is 346 g/mol. The Hall–Kier alpha value is -2.28. The van der Waals surface area contributed by atoms with Crippen molar-refractivity contribution in [2.45, 2.75) is 46.1 Å². The minimum atomic E-state index is -0.286. The molecule has 1 aromatic heterocycles. The van der Waals surface area contributed by atoms with Crippen molar-refractivity contribution in [3.63, 3.8) is 0 Å². The molecule has 2 aromatic rings. The number of nitrogens with one attached hydrogen (secondary N) is 2. The zero-order valence-electron chi connectivity index (χ0n) is 14.1. The zero-order valence-corrected chi connectivity index (χ0v) is 14.9. The SMILES string of the molecule is CC[C@H](C)NC(=O)CCc1nnc(C(=O)Nc2ccc(C)cc2)s1. The van der Waals surface area contributed by atoms with Crippen LogP contribution in [-0.2, 0) is 11.2 Å². The first kappa shape index (κ1) is 18.1. The van der Waals surface area contributed by atoms with Gasteiger partial charge in [-0.25, -0.2) is 0 Å². The lowest BCUT2D eigenvalue weighted by molar-refractivity contribution is -0.121. The van der Waals surface area contributed by atoms with Gasteiger partial charge in [0.05, 0.1) is 0 Å². The number of rotatable bonds is 7. The third kappa shape index (κ3) is 5.42. The Balaban J connectivity index is 1.86. The maximum absolute atomic E-state index is 12.2. The number of amides is 2. The first-order valence-corrected chi connectivity index (χ1v) is 8.79. The summed E-state index contributed by atoms with van der Waals surface area (Å²) in [4.78, 5) is 23.9. The van der Waals surface area contributed by atoms with Crippen LogP contribution in [0.2, 0.25) is 0 Å². The molecular weight excluding hydrogens is 324 g/mol. The summed E-state index contributed by atoms with van der Waals surface area (Å²) >= 11 is 1.22. The second-order valence-electron chi connectivity index (χ2n) is 5.70. The predicted octanol–water partition coefficient (Wildman–Crippen LogP) is 2.95. The van der Waals surface area contributed by atoms with E-state index < -0.39 is 0 Å². The third-order valence-electron chi connectivity index (χ3n) is 3.56. The van der Waals surface area contributed by atoms with Gasteiger partial charge in [0, 0.05) is 24.6 Å². The van der Waals surface area contributed by atoms with Gasteiger partial charge in [0.2, 0.25) is 10.9 Å². The number of hydrogen-bond donors (Lipinski definition) is 2. The van der Waals surface area contributed by atoms with Crippen LogP contribution in [0.3, 0.4) is 0 Å². The standard InChI is InChI=1S/C17H22N4O2S/c1-4-12(3)18-14(22)9-10-15-20-21-17(24-15)16(23)19-13-7-5-11(2)6-8-13/h5-8,12H,4,9-10H2,1-3H3,(H,18,22)(H,19,23)/t12-/m0/s1. The highest BCUT2D eigenvalue weighted by Gasteiger charge is 2.14. The maximum Gasteiger partial charge on any atom is 0.286 e. The molecule has 2 amide bonds. The van der Waals surface area contributed by atoms with Crippen molar-refractivity contribution >= 4 is 28.8 Å². The molecule has 0 radical (unpaired) electrons. The Kier molecular flexibility index (Phi) is 6.43. The first-order valence-electron chi connectivity index (χ1n) is 7.97. The van der Waals surface area contributed by atoms with Gasteiger partial charge in [0.1, 0.15) is 5.01 Å². The van der Waals surface area contributed by atoms with Gasteiger partial charge in [-0.1, -0.05) is 36.0 Å². The number of anilines is 1. The van der Waals surface area contributed by atoms with E-state index in [1.807, 2.05) is 45.0 Å². The molecule has 128 valence electrons. The molecule has 0 aliphatic rings. The highest BCUT2D eigenvalue weighted by Crippen LogP contribution is 2.15. The number of hydrogen-bond acceptors (Lipinski definition) is 5. The van der Waals surface area contributed by atoms with E-state index in [2.05, 4.69) is 20.8 Å². The summed E-state index contributed by atoms with van der Waals surface area (Å²) in [5, 5.41) is 14.6. The molecule has 0 aliphatic carbocycles. The molecule has 6 nitrogen and oxygen atoms in total. The summed E-state index contributed by atoms with van der Waals surface area (Å²) in [5.74, 6) is -0.295. The van der Waals surface area contributed by atoms with Crippen molar-refractivity contribution in [3.8, 4) is 0 Å². The van der Waals surface area contributed by atoms with Crippen molar-refractivity contribution < 1.29 is 9.59 Å². The molecule has 2 rings (SSSR count). The molecule has 7 heteroatoms. The van der Waals surface area contributed by atoms with Crippen LogP contribution in [0.1, 0.15) is 47.1 Å². The summed E-state index contributed by atoms with van der Waals surface area (Å²) in [6.07, 6.45) is 1.73. The van der Waals surface area contributed by atoms with E-state index in [0.29, 0.717) is 22.9 Å². The zero-order chi connectivity index (χ0) is 17.5. The molecule has 2 N–H and O–H groups in total. The molecule has 1 atom stereocenters. The highest BCUT2D eigenvalue weighted by atomic mass is 32.1. The van der Waals surface area contributed by atoms with Gasteiger partial charge >= 0.3 is 0 Å². The third-order valence-corrected chi connectivity index (χ3v) is 4.54. The van der Waals surface area contributed by atoms with E-state index in [9.17, 15) is 9.59 Å². The minimum absolute atomic E-state index is 0.00907. The van der Waals surface area contributed by atoms with E-state index >= 15 is 0 Å². The summed E-state index contributed by atoms with van der Waals surface area (Å²) in [6, 6.07) is 7.71. The second kappa shape index (κ2) is 8.54. The molecule has 1 aromatic carbocycles. The lowest BCUT2D eigenvalue weighted by Gasteiger charge is -2.10. The quantitative estimate of drug-likeness (QED) is 0.807. The molecule has 0 saturated carbocycles. The summed E-state index contributed by atoms with van der Waals surface area (Å²) in [6.45, 7) is 5.98. The minimum Gasteiger partial charge on any atom is -0.354 e. The molecule has 0 spiro atoms. The number of aromatic nitrogens is 2. The lowest BCUT2D eigenvalue weighted by Crippen LogP contribution is -2.31. The Labute approximate surface area is 145 Å². The van der Waals surface area contributed by atoms with Crippen molar-refractivity contribution in [1.82, 2.24) is 15.5 Å². The average Bonchev–Trinajstić information content (AvgIpc) is 3.04. The van der Waals surface area contributed by atoms with Gasteiger partial charge in [-0.2, -0.15) is 0 Å². The van der Waals surface area contributed by atoms with Crippen molar-refractivity contribution in [2.24, 2.45) is 0 Å². The maximum atomic E-state index is 12.2. The van der Waals surface area contributed by atoms with Gasteiger partial charge in [-0.3, -0.25) is 9.59 Å². The van der Waals surface area contributed by atoms with Crippen LogP contribution < -0.4 is 10.6 Å². The number of aryl methyl sites for hydroxylation is 2. The van der Waals surface area contributed by atoms with Crippen molar-refractivity contribution in [1.29, 1.82) is 0 Å².